The van der Waals surface area contributed by atoms with E-state index in [1.54, 1.807) is 0 Å². The van der Waals surface area contributed by atoms with Crippen molar-refractivity contribution in [2.45, 2.75) is 44.7 Å². The normalized spacial score (nSPS) is 60.3. The minimum absolute atomic E-state index is 0.292. The predicted molar refractivity (Wildman–Crippen MR) is 67.6 cm³/mol. The van der Waals surface area contributed by atoms with E-state index in [1.165, 1.54) is 38.5 Å². The van der Waals surface area contributed by atoms with E-state index in [-0.39, 0.29) is 0 Å². The lowest BCUT2D eigenvalue weighted by molar-refractivity contribution is -0.128. The van der Waals surface area contributed by atoms with Crippen molar-refractivity contribution in [2.24, 2.45) is 28.6 Å². The Morgan fingerprint density at radius 2 is 2.11 bits per heavy atom. The average Bonchev–Trinajstić information content (AvgIpc) is 2.82. The van der Waals surface area contributed by atoms with Crippen molar-refractivity contribution in [3.8, 4) is 0 Å². The van der Waals surface area contributed by atoms with E-state index in [1.807, 2.05) is 11.9 Å². The maximum atomic E-state index is 11.8. The summed E-state index contributed by atoms with van der Waals surface area (Å²) in [7, 11) is 2.01. The Hall–Kier alpha value is -0.570. The maximum Gasteiger partial charge on any atom is 0.237 e. The number of nitrogens with zero attached hydrogens (tertiary/aromatic N) is 1. The van der Waals surface area contributed by atoms with Crippen LogP contribution in [0.25, 0.3) is 0 Å². The van der Waals surface area contributed by atoms with Gasteiger partial charge in [0.1, 0.15) is 0 Å². The third kappa shape index (κ3) is 0.910. The molecule has 1 amide bonds. The fraction of sp³-hybridized carbons (Fsp3) is 0.933. The van der Waals surface area contributed by atoms with E-state index < -0.39 is 0 Å². The van der Waals surface area contributed by atoms with E-state index in [4.69, 9.17) is 0 Å². The van der Waals surface area contributed by atoms with Crippen molar-refractivity contribution in [2.75, 3.05) is 13.6 Å². The van der Waals surface area contributed by atoms with Crippen LogP contribution in [-0.2, 0) is 4.79 Å². The summed E-state index contributed by atoms with van der Waals surface area (Å²) in [5.41, 5.74) is 1.16. The smallest absolute Gasteiger partial charge is 0.237 e. The van der Waals surface area contributed by atoms with Crippen LogP contribution in [0.5, 0.6) is 0 Å². The molecule has 1 spiro atoms. The van der Waals surface area contributed by atoms with E-state index in [2.05, 4.69) is 5.32 Å². The second-order valence-electron chi connectivity index (χ2n) is 7.90. The van der Waals surface area contributed by atoms with E-state index in [0.717, 1.165) is 23.2 Å². The summed E-state index contributed by atoms with van der Waals surface area (Å²) in [6.07, 6.45) is 9.07. The average molecular weight is 246 g/mol. The summed E-state index contributed by atoms with van der Waals surface area (Å²) in [5.74, 6) is 3.32. The van der Waals surface area contributed by atoms with Crippen molar-refractivity contribution >= 4 is 5.91 Å². The molecule has 3 nitrogen and oxygen atoms in total. The zero-order valence-electron chi connectivity index (χ0n) is 11.1. The maximum absolute atomic E-state index is 11.8. The Labute approximate surface area is 108 Å². The lowest BCUT2D eigenvalue weighted by Crippen LogP contribution is -2.50. The van der Waals surface area contributed by atoms with Gasteiger partial charge in [0.25, 0.3) is 0 Å². The molecule has 1 heterocycles. The Kier molecular flexibility index (Phi) is 1.59. The van der Waals surface area contributed by atoms with Gasteiger partial charge in [0.15, 0.2) is 0 Å². The van der Waals surface area contributed by atoms with Crippen molar-refractivity contribution in [1.29, 1.82) is 0 Å². The van der Waals surface area contributed by atoms with Crippen LogP contribution in [0.3, 0.4) is 0 Å². The molecular formula is C15H22N2O. The first kappa shape index (κ1) is 10.2. The molecule has 0 radical (unpaired) electrons. The quantitative estimate of drug-likeness (QED) is 0.762. The third-order valence-electron chi connectivity index (χ3n) is 7.32. The minimum Gasteiger partial charge on any atom is -0.329 e. The first-order valence-electron chi connectivity index (χ1n) is 7.62. The lowest BCUT2D eigenvalue weighted by atomic mass is 9.55. The Balaban J connectivity index is 1.56. The highest BCUT2D eigenvalue weighted by atomic mass is 16.2. The summed E-state index contributed by atoms with van der Waals surface area (Å²) in [5, 5.41) is 3.53. The molecule has 0 aromatic rings. The molecule has 6 atom stereocenters. The lowest BCUT2D eigenvalue weighted by Gasteiger charge is -2.50. The third-order valence-corrected chi connectivity index (χ3v) is 7.32. The number of rotatable bonds is 1. The molecule has 4 saturated carbocycles. The van der Waals surface area contributed by atoms with Gasteiger partial charge in [0.2, 0.25) is 5.91 Å². The zero-order chi connectivity index (χ0) is 12.1. The summed E-state index contributed by atoms with van der Waals surface area (Å²) in [6.45, 7) is 0.564. The highest BCUT2D eigenvalue weighted by Gasteiger charge is 2.72. The van der Waals surface area contributed by atoms with Gasteiger partial charge in [-0.2, -0.15) is 0 Å². The Morgan fingerprint density at radius 1 is 1.22 bits per heavy atom. The number of fused-ring (bicyclic) bond motifs is 2. The van der Waals surface area contributed by atoms with Crippen LogP contribution in [0.15, 0.2) is 0 Å². The molecule has 5 rings (SSSR count). The van der Waals surface area contributed by atoms with Crippen LogP contribution >= 0.6 is 0 Å². The van der Waals surface area contributed by atoms with Gasteiger partial charge in [-0.3, -0.25) is 10.1 Å². The molecule has 18 heavy (non-hydrogen) atoms. The monoisotopic (exact) mass is 246 g/mol. The van der Waals surface area contributed by atoms with Gasteiger partial charge in [-0.1, -0.05) is 0 Å². The van der Waals surface area contributed by atoms with Gasteiger partial charge < -0.3 is 4.90 Å². The standard InChI is InChI=1S/C15H22N2O/c1-17-12(18)7-16-13(17)14-4-9-2-10-3-11(6-14)15(10,5-9)8-14/h9-11,13,16H,2-8H2,1H3. The molecule has 1 N–H and O–H groups in total. The van der Waals surface area contributed by atoms with Gasteiger partial charge in [-0.15, -0.1) is 0 Å². The fourth-order valence-electron chi connectivity index (χ4n) is 6.96. The first-order valence-corrected chi connectivity index (χ1v) is 7.62. The van der Waals surface area contributed by atoms with Crippen LogP contribution in [0.1, 0.15) is 38.5 Å². The topological polar surface area (TPSA) is 32.3 Å². The van der Waals surface area contributed by atoms with Gasteiger partial charge in [0, 0.05) is 12.5 Å². The molecular weight excluding hydrogens is 224 g/mol. The highest BCUT2D eigenvalue weighted by Crippen LogP contribution is 2.79. The summed E-state index contributed by atoms with van der Waals surface area (Å²) >= 11 is 0. The number of hydrogen-bond acceptors (Lipinski definition) is 2. The van der Waals surface area contributed by atoms with E-state index in [9.17, 15) is 4.79 Å². The molecule has 1 aliphatic heterocycles. The minimum atomic E-state index is 0.292. The van der Waals surface area contributed by atoms with Crippen molar-refractivity contribution in [3.05, 3.63) is 0 Å². The summed E-state index contributed by atoms with van der Waals surface area (Å²) in [4.78, 5) is 13.8. The van der Waals surface area contributed by atoms with Crippen LogP contribution < -0.4 is 5.32 Å². The Morgan fingerprint density at radius 3 is 2.89 bits per heavy atom. The highest BCUT2D eigenvalue weighted by molar-refractivity contribution is 5.80. The summed E-state index contributed by atoms with van der Waals surface area (Å²) < 4.78 is 0. The number of hydrogen-bond donors (Lipinski definition) is 1. The van der Waals surface area contributed by atoms with Gasteiger partial charge in [-0.25, -0.2) is 0 Å². The number of nitrogens with one attached hydrogen (secondary N) is 1. The van der Waals surface area contributed by atoms with Crippen molar-refractivity contribution < 1.29 is 4.79 Å². The van der Waals surface area contributed by atoms with Gasteiger partial charge >= 0.3 is 0 Å². The van der Waals surface area contributed by atoms with Crippen molar-refractivity contribution in [1.82, 2.24) is 10.2 Å². The van der Waals surface area contributed by atoms with E-state index in [0.29, 0.717) is 24.0 Å². The predicted octanol–water partition coefficient (Wildman–Crippen LogP) is 1.59. The molecule has 98 valence electrons. The molecule has 1 saturated heterocycles. The molecule has 3 bridgehead atoms. The van der Waals surface area contributed by atoms with Crippen LogP contribution in [0.2, 0.25) is 0 Å². The molecule has 6 unspecified atom stereocenters. The van der Waals surface area contributed by atoms with Crippen LogP contribution in [0, 0.1) is 28.6 Å². The fourth-order valence-corrected chi connectivity index (χ4v) is 6.96. The number of amides is 1. The van der Waals surface area contributed by atoms with E-state index >= 15 is 0 Å². The largest absolute Gasteiger partial charge is 0.329 e. The Bertz CT molecular complexity index is 446. The molecule has 5 fully saturated rings. The SMILES string of the molecule is CN1C(=O)CNC1C12CC3CC4CC(C1)C4(C3)C2. The molecule has 0 aromatic heterocycles. The summed E-state index contributed by atoms with van der Waals surface area (Å²) in [6, 6.07) is 0. The molecule has 0 aromatic carbocycles. The number of likely N-dealkylation sites (N-methyl/N-ethyl adjacent to an activating group) is 1. The van der Waals surface area contributed by atoms with Crippen molar-refractivity contribution in [3.63, 3.8) is 0 Å². The van der Waals surface area contributed by atoms with Gasteiger partial charge in [-0.05, 0) is 61.7 Å². The second-order valence-corrected chi connectivity index (χ2v) is 7.90. The first-order chi connectivity index (χ1) is 8.63. The van der Waals surface area contributed by atoms with Crippen LogP contribution in [0.4, 0.5) is 0 Å². The second kappa shape index (κ2) is 2.79. The molecule has 4 aliphatic carbocycles. The van der Waals surface area contributed by atoms with Gasteiger partial charge in [0.05, 0.1) is 12.7 Å². The molecule has 5 aliphatic rings. The van der Waals surface area contributed by atoms with Crippen LogP contribution in [-0.4, -0.2) is 30.6 Å². The number of carbonyl (C=O) groups excluding carboxylic acids is 1. The zero-order valence-corrected chi connectivity index (χ0v) is 11.1. The molecule has 3 heteroatoms. The number of carbonyl (C=O) groups is 1.